The Labute approximate surface area is 184 Å². The Kier molecular flexibility index (Phi) is 7.10. The van der Waals surface area contributed by atoms with E-state index in [1.165, 1.54) is 32.4 Å². The van der Waals surface area contributed by atoms with Crippen molar-refractivity contribution in [1.29, 1.82) is 0 Å². The molecule has 2 amide bonds. The standard InChI is InChI=1S/C25H30N4O2/c30-24(21-9-3-1-4-10-21)27-23(18-20-8-7-13-26-19-20)25(31)29-16-11-22(12-17-29)28-14-5-2-6-15-28/h1,3-4,7-10,13,18-19,22H,2,5-6,11-12,14-17H2,(H,27,30). The maximum Gasteiger partial charge on any atom is 0.270 e. The molecule has 6 heteroatoms. The molecular weight excluding hydrogens is 388 g/mol. The first-order valence-electron chi connectivity index (χ1n) is 11.2. The number of hydrogen-bond acceptors (Lipinski definition) is 4. The highest BCUT2D eigenvalue weighted by molar-refractivity contribution is 6.05. The van der Waals surface area contributed by atoms with Crippen LogP contribution < -0.4 is 5.32 Å². The van der Waals surface area contributed by atoms with E-state index in [4.69, 9.17) is 0 Å². The Hall–Kier alpha value is -2.99. The number of carbonyl (C=O) groups excluding carboxylic acids is 2. The third kappa shape index (κ3) is 5.58. The van der Waals surface area contributed by atoms with Crippen LogP contribution >= 0.6 is 0 Å². The summed E-state index contributed by atoms with van der Waals surface area (Å²) in [4.78, 5) is 34.7. The molecule has 0 radical (unpaired) electrons. The minimum absolute atomic E-state index is 0.134. The number of hydrogen-bond donors (Lipinski definition) is 1. The Bertz CT molecular complexity index is 900. The SMILES string of the molecule is O=C(NC(=Cc1cccnc1)C(=O)N1CCC(N2CCCCC2)CC1)c1ccccc1. The average molecular weight is 419 g/mol. The molecule has 6 nitrogen and oxygen atoms in total. The van der Waals surface area contributed by atoms with E-state index in [0.29, 0.717) is 30.4 Å². The molecule has 2 aliphatic heterocycles. The molecule has 0 spiro atoms. The monoisotopic (exact) mass is 418 g/mol. The molecule has 2 fully saturated rings. The molecule has 31 heavy (non-hydrogen) atoms. The molecule has 3 heterocycles. The van der Waals surface area contributed by atoms with E-state index in [9.17, 15) is 9.59 Å². The van der Waals surface area contributed by atoms with Crippen LogP contribution in [0.3, 0.4) is 0 Å². The van der Waals surface area contributed by atoms with E-state index in [2.05, 4.69) is 15.2 Å². The fourth-order valence-electron chi connectivity index (χ4n) is 4.45. The lowest BCUT2D eigenvalue weighted by Crippen LogP contribution is -2.49. The summed E-state index contributed by atoms with van der Waals surface area (Å²) in [6, 6.07) is 13.2. The average Bonchev–Trinajstić information content (AvgIpc) is 2.85. The molecule has 2 saturated heterocycles. The van der Waals surface area contributed by atoms with Gasteiger partial charge in [-0.1, -0.05) is 30.7 Å². The van der Waals surface area contributed by atoms with Crippen molar-refractivity contribution in [2.45, 2.75) is 38.1 Å². The second-order valence-corrected chi connectivity index (χ2v) is 8.28. The summed E-state index contributed by atoms with van der Waals surface area (Å²) >= 11 is 0. The summed E-state index contributed by atoms with van der Waals surface area (Å²) in [6.07, 6.45) is 10.9. The van der Waals surface area contributed by atoms with Gasteiger partial charge in [0.25, 0.3) is 11.8 Å². The molecular formula is C25H30N4O2. The predicted molar refractivity (Wildman–Crippen MR) is 121 cm³/mol. The van der Waals surface area contributed by atoms with E-state index in [1.807, 2.05) is 35.2 Å². The number of likely N-dealkylation sites (tertiary alicyclic amines) is 2. The molecule has 1 N–H and O–H groups in total. The van der Waals surface area contributed by atoms with Gasteiger partial charge in [0.2, 0.25) is 0 Å². The van der Waals surface area contributed by atoms with Crippen molar-refractivity contribution in [3.63, 3.8) is 0 Å². The smallest absolute Gasteiger partial charge is 0.270 e. The Morgan fingerprint density at radius 1 is 0.935 bits per heavy atom. The van der Waals surface area contributed by atoms with Gasteiger partial charge in [-0.05, 0) is 68.6 Å². The highest BCUT2D eigenvalue weighted by atomic mass is 16.2. The van der Waals surface area contributed by atoms with Crippen LogP contribution in [0.5, 0.6) is 0 Å². The molecule has 2 aliphatic rings. The van der Waals surface area contributed by atoms with E-state index < -0.39 is 0 Å². The number of benzene rings is 1. The zero-order chi connectivity index (χ0) is 21.5. The largest absolute Gasteiger partial charge is 0.337 e. The van der Waals surface area contributed by atoms with Crippen molar-refractivity contribution < 1.29 is 9.59 Å². The Balaban J connectivity index is 1.46. The van der Waals surface area contributed by atoms with Gasteiger partial charge in [0.15, 0.2) is 0 Å². The van der Waals surface area contributed by atoms with Crippen LogP contribution in [0.4, 0.5) is 0 Å². The number of rotatable bonds is 5. The van der Waals surface area contributed by atoms with Crippen LogP contribution in [0.25, 0.3) is 6.08 Å². The lowest BCUT2D eigenvalue weighted by Gasteiger charge is -2.40. The second kappa shape index (κ2) is 10.4. The van der Waals surface area contributed by atoms with Crippen molar-refractivity contribution in [3.05, 3.63) is 71.7 Å². The van der Waals surface area contributed by atoms with Crippen LogP contribution in [0, 0.1) is 0 Å². The minimum Gasteiger partial charge on any atom is -0.337 e. The fraction of sp³-hybridized carbons (Fsp3) is 0.400. The maximum atomic E-state index is 13.4. The van der Waals surface area contributed by atoms with Crippen LogP contribution in [0.15, 0.2) is 60.6 Å². The molecule has 4 rings (SSSR count). The van der Waals surface area contributed by atoms with Crippen LogP contribution in [-0.2, 0) is 4.79 Å². The second-order valence-electron chi connectivity index (χ2n) is 8.28. The van der Waals surface area contributed by atoms with Gasteiger partial charge < -0.3 is 15.1 Å². The predicted octanol–water partition coefficient (Wildman–Crippen LogP) is 3.33. The van der Waals surface area contributed by atoms with Gasteiger partial charge in [-0.25, -0.2) is 0 Å². The Morgan fingerprint density at radius 2 is 1.68 bits per heavy atom. The summed E-state index contributed by atoms with van der Waals surface area (Å²) < 4.78 is 0. The third-order valence-corrected chi connectivity index (χ3v) is 6.17. The van der Waals surface area contributed by atoms with Crippen LogP contribution in [0.1, 0.15) is 48.0 Å². The van der Waals surface area contributed by atoms with Crippen molar-refractivity contribution in [3.8, 4) is 0 Å². The fourth-order valence-corrected chi connectivity index (χ4v) is 4.45. The van der Waals surface area contributed by atoms with Crippen molar-refractivity contribution in [2.24, 2.45) is 0 Å². The normalized spacial score (nSPS) is 18.6. The summed E-state index contributed by atoms with van der Waals surface area (Å²) in [5, 5.41) is 2.85. The van der Waals surface area contributed by atoms with Crippen molar-refractivity contribution in [1.82, 2.24) is 20.1 Å². The number of pyridine rings is 1. The molecule has 2 aromatic rings. The molecule has 1 aromatic heterocycles. The minimum atomic E-state index is -0.285. The number of nitrogens with zero attached hydrogens (tertiary/aromatic N) is 3. The lowest BCUT2D eigenvalue weighted by molar-refractivity contribution is -0.129. The summed E-state index contributed by atoms with van der Waals surface area (Å²) in [5.41, 5.74) is 1.59. The molecule has 0 saturated carbocycles. The van der Waals surface area contributed by atoms with Gasteiger partial charge in [-0.2, -0.15) is 0 Å². The van der Waals surface area contributed by atoms with E-state index in [1.54, 1.807) is 30.6 Å². The van der Waals surface area contributed by atoms with Gasteiger partial charge in [0.05, 0.1) is 0 Å². The quantitative estimate of drug-likeness (QED) is 0.757. The van der Waals surface area contributed by atoms with Crippen molar-refractivity contribution >= 4 is 17.9 Å². The number of nitrogens with one attached hydrogen (secondary N) is 1. The first kappa shape index (κ1) is 21.2. The lowest BCUT2D eigenvalue weighted by atomic mass is 9.99. The van der Waals surface area contributed by atoms with Gasteiger partial charge in [0, 0.05) is 37.1 Å². The molecule has 0 aliphatic carbocycles. The first-order valence-corrected chi connectivity index (χ1v) is 11.2. The van der Waals surface area contributed by atoms with Gasteiger partial charge in [-0.3, -0.25) is 14.6 Å². The van der Waals surface area contributed by atoms with E-state index >= 15 is 0 Å². The maximum absolute atomic E-state index is 13.4. The molecule has 162 valence electrons. The van der Waals surface area contributed by atoms with Gasteiger partial charge in [-0.15, -0.1) is 0 Å². The third-order valence-electron chi connectivity index (χ3n) is 6.17. The van der Waals surface area contributed by atoms with Crippen LogP contribution in [-0.4, -0.2) is 58.8 Å². The van der Waals surface area contributed by atoms with E-state index in [0.717, 1.165) is 18.4 Å². The molecule has 0 atom stereocenters. The number of amides is 2. The molecule has 1 aromatic carbocycles. The highest BCUT2D eigenvalue weighted by Crippen LogP contribution is 2.22. The van der Waals surface area contributed by atoms with Gasteiger partial charge in [0.1, 0.15) is 5.70 Å². The highest BCUT2D eigenvalue weighted by Gasteiger charge is 2.29. The summed E-state index contributed by atoms with van der Waals surface area (Å²) in [6.45, 7) is 3.78. The zero-order valence-electron chi connectivity index (χ0n) is 17.9. The van der Waals surface area contributed by atoms with E-state index in [-0.39, 0.29) is 11.8 Å². The summed E-state index contributed by atoms with van der Waals surface area (Å²) in [7, 11) is 0. The molecule has 0 bridgehead atoms. The van der Waals surface area contributed by atoms with Crippen LogP contribution in [0.2, 0.25) is 0 Å². The van der Waals surface area contributed by atoms with Crippen molar-refractivity contribution in [2.75, 3.05) is 26.2 Å². The topological polar surface area (TPSA) is 65.5 Å². The summed E-state index contributed by atoms with van der Waals surface area (Å²) in [5.74, 6) is -0.419. The number of aromatic nitrogens is 1. The zero-order valence-corrected chi connectivity index (χ0v) is 17.9. The number of carbonyl (C=O) groups is 2. The Morgan fingerprint density at radius 3 is 2.35 bits per heavy atom. The number of piperidine rings is 2. The van der Waals surface area contributed by atoms with Gasteiger partial charge >= 0.3 is 0 Å². The molecule has 0 unspecified atom stereocenters. The first-order chi connectivity index (χ1) is 15.2.